The average Bonchev–Trinajstić information content (AvgIpc) is 3.27. The number of halogens is 4. The van der Waals surface area contributed by atoms with Crippen LogP contribution < -0.4 is 4.74 Å². The van der Waals surface area contributed by atoms with Gasteiger partial charge in [-0.05, 0) is 35.6 Å². The molecule has 0 saturated heterocycles. The summed E-state index contributed by atoms with van der Waals surface area (Å²) in [5.74, 6) is 0.576. The van der Waals surface area contributed by atoms with Crippen LogP contribution in [0.5, 0.6) is 11.5 Å². The van der Waals surface area contributed by atoms with Gasteiger partial charge >= 0.3 is 5.97 Å². The fraction of sp³-hybridized carbons (Fsp3) is 0.364. The van der Waals surface area contributed by atoms with E-state index in [1.54, 1.807) is 24.3 Å². The Hall–Kier alpha value is -0.880. The van der Waals surface area contributed by atoms with E-state index in [2.05, 4.69) is 69.8 Å². The van der Waals surface area contributed by atoms with Gasteiger partial charge in [-0.3, -0.25) is 4.79 Å². The maximum absolute atomic E-state index is 12.9. The Balaban J connectivity index is 1.72. The van der Waals surface area contributed by atoms with Crippen molar-refractivity contribution in [3.63, 3.8) is 0 Å². The van der Waals surface area contributed by atoms with Crippen molar-refractivity contribution in [1.29, 1.82) is 5.26 Å². The molecule has 0 amide bonds. The van der Waals surface area contributed by atoms with Gasteiger partial charge in [-0.15, -0.1) is 0 Å². The van der Waals surface area contributed by atoms with Crippen LogP contribution in [0.1, 0.15) is 25.5 Å². The molecule has 1 aliphatic carbocycles. The lowest BCUT2D eigenvalue weighted by Gasteiger charge is -2.21. The van der Waals surface area contributed by atoms with Crippen molar-refractivity contribution in [1.82, 2.24) is 0 Å². The topological polar surface area (TPSA) is 59.3 Å². The van der Waals surface area contributed by atoms with Crippen molar-refractivity contribution in [2.75, 3.05) is 0 Å². The molecule has 1 saturated carbocycles. The molecule has 8 heteroatoms. The first-order valence-electron chi connectivity index (χ1n) is 9.19. The summed E-state index contributed by atoms with van der Waals surface area (Å²) in [5, 5.41) is 9.65. The summed E-state index contributed by atoms with van der Waals surface area (Å²) in [7, 11) is 0. The highest BCUT2D eigenvalue weighted by Gasteiger charge is 2.67. The van der Waals surface area contributed by atoms with E-state index in [4.69, 9.17) is 9.47 Å². The predicted octanol–water partition coefficient (Wildman–Crippen LogP) is 7.46. The highest BCUT2D eigenvalue weighted by Crippen LogP contribution is 2.66. The lowest BCUT2D eigenvalue weighted by molar-refractivity contribution is -0.149. The molecule has 0 aliphatic heterocycles. The normalized spacial score (nSPS) is 21.8. The number of para-hydroxylation sites is 1. The van der Waals surface area contributed by atoms with Gasteiger partial charge in [0.15, 0.2) is 0 Å². The molecular formula is C22H19Br4NO3. The Labute approximate surface area is 209 Å². The van der Waals surface area contributed by atoms with Crippen LogP contribution in [-0.2, 0) is 9.53 Å². The van der Waals surface area contributed by atoms with Crippen LogP contribution in [-0.4, -0.2) is 12.9 Å². The molecule has 30 heavy (non-hydrogen) atoms. The van der Waals surface area contributed by atoms with Crippen LogP contribution in [0.4, 0.5) is 0 Å². The number of alkyl halides is 4. The fourth-order valence-electron chi connectivity index (χ4n) is 3.60. The van der Waals surface area contributed by atoms with Crippen LogP contribution in [0.3, 0.4) is 0 Å². The van der Waals surface area contributed by atoms with Gasteiger partial charge in [0.2, 0.25) is 6.10 Å². The molecule has 0 spiro atoms. The summed E-state index contributed by atoms with van der Waals surface area (Å²) in [5.41, 5.74) is 0.310. The summed E-state index contributed by atoms with van der Waals surface area (Å²) in [6.45, 7) is 4.04. The van der Waals surface area contributed by atoms with E-state index in [1.165, 1.54) is 0 Å². The predicted molar refractivity (Wildman–Crippen MR) is 130 cm³/mol. The Kier molecular flexibility index (Phi) is 7.38. The van der Waals surface area contributed by atoms with E-state index in [0.29, 0.717) is 17.1 Å². The van der Waals surface area contributed by atoms with Gasteiger partial charge in [-0.1, -0.05) is 108 Å². The van der Waals surface area contributed by atoms with E-state index < -0.39 is 8.25 Å². The number of ether oxygens (including phenoxy) is 2. The summed E-state index contributed by atoms with van der Waals surface area (Å²) < 4.78 is 10.9. The molecule has 3 unspecified atom stereocenters. The summed E-state index contributed by atoms with van der Waals surface area (Å²) >= 11 is 14.2. The minimum Gasteiger partial charge on any atom is -0.457 e. The van der Waals surface area contributed by atoms with Crippen LogP contribution in [0, 0.1) is 28.6 Å². The van der Waals surface area contributed by atoms with E-state index in [0.717, 1.165) is 0 Å². The van der Waals surface area contributed by atoms with E-state index in [1.807, 2.05) is 44.2 Å². The first kappa shape index (κ1) is 23.8. The molecule has 1 aliphatic rings. The number of nitriles is 1. The molecule has 4 nitrogen and oxygen atoms in total. The number of carbonyl (C=O) groups is 1. The van der Waals surface area contributed by atoms with Gasteiger partial charge in [-0.2, -0.15) is 5.26 Å². The maximum Gasteiger partial charge on any atom is 0.311 e. The first-order chi connectivity index (χ1) is 14.1. The molecule has 2 aromatic rings. The van der Waals surface area contributed by atoms with Gasteiger partial charge in [0.05, 0.1) is 10.7 Å². The third kappa shape index (κ3) is 5.29. The van der Waals surface area contributed by atoms with E-state index in [9.17, 15) is 10.1 Å². The van der Waals surface area contributed by atoms with E-state index >= 15 is 0 Å². The molecule has 3 rings (SSSR count). The van der Waals surface area contributed by atoms with Crippen LogP contribution in [0.25, 0.3) is 0 Å². The van der Waals surface area contributed by atoms with Gasteiger partial charge in [0.25, 0.3) is 0 Å². The highest BCUT2D eigenvalue weighted by atomic mass is 80.0. The van der Waals surface area contributed by atoms with Crippen molar-refractivity contribution < 1.29 is 14.3 Å². The third-order valence-corrected chi connectivity index (χ3v) is 9.86. The fourth-order valence-corrected chi connectivity index (χ4v) is 5.44. The van der Waals surface area contributed by atoms with Crippen molar-refractivity contribution in [3.05, 3.63) is 60.2 Å². The van der Waals surface area contributed by atoms with Gasteiger partial charge < -0.3 is 9.47 Å². The zero-order chi connectivity index (χ0) is 22.1. The van der Waals surface area contributed by atoms with Crippen molar-refractivity contribution in [2.24, 2.45) is 17.3 Å². The number of esters is 1. The quantitative estimate of drug-likeness (QED) is 0.238. The number of carbonyl (C=O) groups excluding carboxylic acids is 1. The molecule has 4 atom stereocenters. The summed E-state index contributed by atoms with van der Waals surface area (Å²) in [6, 6.07) is 18.5. The zero-order valence-corrected chi connectivity index (χ0v) is 22.5. The molecule has 0 aromatic heterocycles. The Morgan fingerprint density at radius 3 is 2.33 bits per heavy atom. The lowest BCUT2D eigenvalue weighted by atomic mass is 10.1. The number of hydrogen-bond donors (Lipinski definition) is 0. The summed E-state index contributed by atoms with van der Waals surface area (Å²) in [4.78, 5) is 12.8. The van der Waals surface area contributed by atoms with E-state index in [-0.39, 0.29) is 28.0 Å². The largest absolute Gasteiger partial charge is 0.457 e. The van der Waals surface area contributed by atoms with Crippen molar-refractivity contribution in [2.45, 2.75) is 26.9 Å². The standard InChI is InChI=1S/C22H19Br4NO3/c1-21(2)17(19(23)22(24,25)26)18(21)20(28)30-16(12-27)13-7-6-10-15(11-13)29-14-8-4-3-5-9-14/h3-11,16-19H,1-2H3/t16?,17?,18-,19?/m1/s1. The van der Waals surface area contributed by atoms with Crippen LogP contribution in [0.15, 0.2) is 54.6 Å². The maximum atomic E-state index is 12.9. The monoisotopic (exact) mass is 661 g/mol. The van der Waals surface area contributed by atoms with Gasteiger partial charge in [0, 0.05) is 5.56 Å². The number of benzene rings is 2. The highest BCUT2D eigenvalue weighted by molar-refractivity contribution is 9.40. The second-order valence-electron chi connectivity index (χ2n) is 7.70. The zero-order valence-electron chi connectivity index (χ0n) is 16.2. The van der Waals surface area contributed by atoms with Crippen molar-refractivity contribution in [3.8, 4) is 17.6 Å². The molecule has 0 bridgehead atoms. The minimum atomic E-state index is -1.01. The number of nitrogens with zero attached hydrogens (tertiary/aromatic N) is 1. The Morgan fingerprint density at radius 1 is 1.10 bits per heavy atom. The van der Waals surface area contributed by atoms with Gasteiger partial charge in [0.1, 0.15) is 19.7 Å². The molecular weight excluding hydrogens is 646 g/mol. The molecule has 2 aromatic carbocycles. The molecule has 0 N–H and O–H groups in total. The smallest absolute Gasteiger partial charge is 0.311 e. The van der Waals surface area contributed by atoms with Crippen LogP contribution >= 0.6 is 63.7 Å². The molecule has 0 radical (unpaired) electrons. The Bertz CT molecular complexity index is 953. The molecule has 0 heterocycles. The lowest BCUT2D eigenvalue weighted by Crippen LogP contribution is -2.23. The second-order valence-corrected chi connectivity index (χ2v) is 15.6. The summed E-state index contributed by atoms with van der Waals surface area (Å²) in [6.07, 6.45) is -1.01. The average molecular weight is 665 g/mol. The van der Waals surface area contributed by atoms with Crippen LogP contribution in [0.2, 0.25) is 0 Å². The number of rotatable bonds is 6. The number of hydrogen-bond acceptors (Lipinski definition) is 4. The molecule has 1 fully saturated rings. The first-order valence-corrected chi connectivity index (χ1v) is 12.5. The third-order valence-electron chi connectivity index (χ3n) is 5.28. The van der Waals surface area contributed by atoms with Crippen molar-refractivity contribution >= 4 is 69.7 Å². The SMILES string of the molecule is CC1(C)C(C(Br)C(Br)(Br)Br)[C@@H]1C(=O)OC(C#N)c1cccc(Oc2ccccc2)c1. The van der Waals surface area contributed by atoms with Gasteiger partial charge in [-0.25, -0.2) is 0 Å². The Morgan fingerprint density at radius 2 is 1.73 bits per heavy atom. The minimum absolute atomic E-state index is 0.0233. The molecule has 158 valence electrons. The second kappa shape index (κ2) is 9.32.